The van der Waals surface area contributed by atoms with E-state index in [1.54, 1.807) is 42.5 Å². The summed E-state index contributed by atoms with van der Waals surface area (Å²) in [4.78, 5) is 27.5. The van der Waals surface area contributed by atoms with Crippen LogP contribution in [0, 0.1) is 0 Å². The minimum absolute atomic E-state index is 0.0466. The van der Waals surface area contributed by atoms with Crippen LogP contribution in [0.4, 0.5) is 5.69 Å². The van der Waals surface area contributed by atoms with E-state index in [1.165, 1.54) is 18.7 Å². The second-order valence-electron chi connectivity index (χ2n) is 5.06. The molecule has 1 amide bonds. The number of amides is 1. The SMILES string of the molecule is CC(=O)Nc1ccc(C(=O)CSc2nc3ccc(Cl)cc3o2)cc1. The minimum Gasteiger partial charge on any atom is -0.431 e. The second kappa shape index (κ2) is 7.07. The first kappa shape index (κ1) is 16.5. The van der Waals surface area contributed by atoms with E-state index in [0.29, 0.717) is 32.6 Å². The van der Waals surface area contributed by atoms with Gasteiger partial charge in [-0.15, -0.1) is 0 Å². The van der Waals surface area contributed by atoms with Crippen LogP contribution in [-0.2, 0) is 4.79 Å². The van der Waals surface area contributed by atoms with Gasteiger partial charge in [0.25, 0.3) is 5.22 Å². The molecule has 0 unspecified atom stereocenters. The molecule has 0 radical (unpaired) electrons. The van der Waals surface area contributed by atoms with Gasteiger partial charge in [0, 0.05) is 29.3 Å². The average Bonchev–Trinajstić information content (AvgIpc) is 2.94. The number of benzene rings is 2. The largest absolute Gasteiger partial charge is 0.431 e. The Kier molecular flexibility index (Phi) is 4.87. The van der Waals surface area contributed by atoms with Crippen molar-refractivity contribution in [3.05, 3.63) is 53.1 Å². The molecule has 5 nitrogen and oxygen atoms in total. The Morgan fingerprint density at radius 1 is 1.21 bits per heavy atom. The van der Waals surface area contributed by atoms with E-state index in [1.807, 2.05) is 0 Å². The van der Waals surface area contributed by atoms with Crippen LogP contribution in [-0.4, -0.2) is 22.4 Å². The summed E-state index contributed by atoms with van der Waals surface area (Å²) in [7, 11) is 0. The van der Waals surface area contributed by atoms with Gasteiger partial charge in [0.15, 0.2) is 11.4 Å². The molecular formula is C17H13ClN2O3S. The van der Waals surface area contributed by atoms with Gasteiger partial charge in [-0.2, -0.15) is 0 Å². The van der Waals surface area contributed by atoms with E-state index in [0.717, 1.165) is 0 Å². The molecule has 0 spiro atoms. The lowest BCUT2D eigenvalue weighted by atomic mass is 10.1. The number of hydrogen-bond acceptors (Lipinski definition) is 5. The van der Waals surface area contributed by atoms with Crippen LogP contribution in [0.25, 0.3) is 11.1 Å². The summed E-state index contributed by atoms with van der Waals surface area (Å²) >= 11 is 7.13. The fraction of sp³-hybridized carbons (Fsp3) is 0.118. The Morgan fingerprint density at radius 3 is 2.67 bits per heavy atom. The van der Waals surface area contributed by atoms with E-state index in [2.05, 4.69) is 10.3 Å². The highest BCUT2D eigenvalue weighted by molar-refractivity contribution is 7.99. The minimum atomic E-state index is -0.152. The molecule has 0 fully saturated rings. The fourth-order valence-electron chi connectivity index (χ4n) is 2.09. The number of nitrogens with one attached hydrogen (secondary N) is 1. The number of nitrogens with zero attached hydrogens (tertiary/aromatic N) is 1. The predicted molar refractivity (Wildman–Crippen MR) is 94.8 cm³/mol. The maximum Gasteiger partial charge on any atom is 0.257 e. The Labute approximate surface area is 147 Å². The van der Waals surface area contributed by atoms with Crippen LogP contribution in [0.3, 0.4) is 0 Å². The summed E-state index contributed by atoms with van der Waals surface area (Å²) < 4.78 is 5.57. The number of carbonyl (C=O) groups excluding carboxylic acids is 2. The molecule has 0 aliphatic heterocycles. The first-order valence-electron chi connectivity index (χ1n) is 7.11. The quantitative estimate of drug-likeness (QED) is 0.538. The van der Waals surface area contributed by atoms with Crippen molar-refractivity contribution in [2.75, 3.05) is 11.1 Å². The van der Waals surface area contributed by atoms with Crippen molar-refractivity contribution in [2.45, 2.75) is 12.1 Å². The van der Waals surface area contributed by atoms with Gasteiger partial charge in [-0.25, -0.2) is 4.98 Å². The molecule has 1 heterocycles. The summed E-state index contributed by atoms with van der Waals surface area (Å²) in [5.41, 5.74) is 2.52. The summed E-state index contributed by atoms with van der Waals surface area (Å²) in [6.07, 6.45) is 0. The number of oxazole rings is 1. The number of ketones is 1. The third-order valence-corrected chi connectivity index (χ3v) is 4.25. The monoisotopic (exact) mass is 360 g/mol. The smallest absolute Gasteiger partial charge is 0.257 e. The maximum atomic E-state index is 12.2. The molecule has 1 N–H and O–H groups in total. The summed E-state index contributed by atoms with van der Waals surface area (Å²) in [5, 5.41) is 3.66. The van der Waals surface area contributed by atoms with E-state index in [9.17, 15) is 9.59 Å². The zero-order valence-corrected chi connectivity index (χ0v) is 14.3. The highest BCUT2D eigenvalue weighted by atomic mass is 35.5. The molecule has 0 bridgehead atoms. The van der Waals surface area contributed by atoms with E-state index >= 15 is 0 Å². The van der Waals surface area contributed by atoms with Gasteiger partial charge in [0.1, 0.15) is 5.52 Å². The molecule has 3 aromatic rings. The first-order chi connectivity index (χ1) is 11.5. The number of halogens is 1. The lowest BCUT2D eigenvalue weighted by Gasteiger charge is -2.03. The van der Waals surface area contributed by atoms with Gasteiger partial charge in [-0.05, 0) is 36.4 Å². The van der Waals surface area contributed by atoms with Crippen molar-refractivity contribution < 1.29 is 14.0 Å². The Morgan fingerprint density at radius 2 is 1.96 bits per heavy atom. The molecule has 3 rings (SSSR count). The molecule has 0 aliphatic carbocycles. The zero-order chi connectivity index (χ0) is 17.1. The molecule has 122 valence electrons. The van der Waals surface area contributed by atoms with Gasteiger partial charge in [0.2, 0.25) is 5.91 Å². The lowest BCUT2D eigenvalue weighted by molar-refractivity contribution is -0.114. The van der Waals surface area contributed by atoms with Crippen molar-refractivity contribution in [3.63, 3.8) is 0 Å². The van der Waals surface area contributed by atoms with Crippen LogP contribution < -0.4 is 5.32 Å². The van der Waals surface area contributed by atoms with E-state index in [-0.39, 0.29) is 17.4 Å². The average molecular weight is 361 g/mol. The first-order valence-corrected chi connectivity index (χ1v) is 8.47. The molecule has 0 saturated carbocycles. The topological polar surface area (TPSA) is 72.2 Å². The van der Waals surface area contributed by atoms with Crippen LogP contribution >= 0.6 is 23.4 Å². The Balaban J connectivity index is 1.64. The van der Waals surface area contributed by atoms with Crippen molar-refractivity contribution >= 4 is 51.8 Å². The van der Waals surface area contributed by atoms with Gasteiger partial charge < -0.3 is 9.73 Å². The van der Waals surface area contributed by atoms with Crippen molar-refractivity contribution in [1.29, 1.82) is 0 Å². The number of thioether (sulfide) groups is 1. The molecular weight excluding hydrogens is 348 g/mol. The van der Waals surface area contributed by atoms with Crippen LogP contribution in [0.1, 0.15) is 17.3 Å². The van der Waals surface area contributed by atoms with Gasteiger partial charge in [-0.1, -0.05) is 23.4 Å². The Bertz CT molecular complexity index is 906. The van der Waals surface area contributed by atoms with Gasteiger partial charge >= 0.3 is 0 Å². The number of hydrogen-bond donors (Lipinski definition) is 1. The van der Waals surface area contributed by atoms with Gasteiger partial charge in [0.05, 0.1) is 5.75 Å². The number of carbonyl (C=O) groups is 2. The molecule has 1 aromatic heterocycles. The Hall–Kier alpha value is -2.31. The highest BCUT2D eigenvalue weighted by Gasteiger charge is 2.11. The number of aromatic nitrogens is 1. The molecule has 0 atom stereocenters. The van der Waals surface area contributed by atoms with Crippen LogP contribution in [0.5, 0.6) is 0 Å². The molecule has 0 saturated heterocycles. The molecule has 0 aliphatic rings. The normalized spacial score (nSPS) is 10.8. The number of anilines is 1. The van der Waals surface area contributed by atoms with E-state index < -0.39 is 0 Å². The maximum absolute atomic E-state index is 12.2. The summed E-state index contributed by atoms with van der Waals surface area (Å²) in [6.45, 7) is 1.43. The number of rotatable bonds is 5. The third kappa shape index (κ3) is 3.96. The van der Waals surface area contributed by atoms with Gasteiger partial charge in [-0.3, -0.25) is 9.59 Å². The summed E-state index contributed by atoms with van der Waals surface area (Å²) in [5.74, 6) is 0.00963. The van der Waals surface area contributed by atoms with E-state index in [4.69, 9.17) is 16.0 Å². The van der Waals surface area contributed by atoms with Crippen molar-refractivity contribution in [1.82, 2.24) is 4.98 Å². The predicted octanol–water partition coefficient (Wildman–Crippen LogP) is 4.41. The third-order valence-electron chi connectivity index (χ3n) is 3.18. The van der Waals surface area contributed by atoms with Crippen molar-refractivity contribution in [2.24, 2.45) is 0 Å². The molecule has 7 heteroatoms. The zero-order valence-electron chi connectivity index (χ0n) is 12.7. The second-order valence-corrected chi connectivity index (χ2v) is 6.43. The van der Waals surface area contributed by atoms with Crippen LogP contribution in [0.2, 0.25) is 5.02 Å². The lowest BCUT2D eigenvalue weighted by Crippen LogP contribution is -2.07. The van der Waals surface area contributed by atoms with Crippen LogP contribution in [0.15, 0.2) is 52.1 Å². The standard InChI is InChI=1S/C17H13ClN2O3S/c1-10(21)19-13-5-2-11(3-6-13)15(22)9-24-17-20-14-7-4-12(18)8-16(14)23-17/h2-8H,9H2,1H3,(H,19,21). The highest BCUT2D eigenvalue weighted by Crippen LogP contribution is 2.26. The number of fused-ring (bicyclic) bond motifs is 1. The number of Topliss-reactive ketones (excluding diaryl/α,β-unsaturated/α-hetero) is 1. The molecule has 24 heavy (non-hydrogen) atoms. The summed E-state index contributed by atoms with van der Waals surface area (Å²) in [6, 6.07) is 12.0. The fourth-order valence-corrected chi connectivity index (χ4v) is 2.99. The van der Waals surface area contributed by atoms with Crippen molar-refractivity contribution in [3.8, 4) is 0 Å². The molecule has 2 aromatic carbocycles.